The smallest absolute Gasteiger partial charge is 0.166 e. The molecule has 14 heavy (non-hydrogen) atoms. The van der Waals surface area contributed by atoms with Crippen molar-refractivity contribution in [3.05, 3.63) is 35.9 Å². The van der Waals surface area contributed by atoms with E-state index in [2.05, 4.69) is 22.6 Å². The first kappa shape index (κ1) is 10.1. The molecule has 1 aromatic rings. The summed E-state index contributed by atoms with van der Waals surface area (Å²) in [4.78, 5) is 12.1. The van der Waals surface area contributed by atoms with Gasteiger partial charge in [0.25, 0.3) is 0 Å². The Morgan fingerprint density at radius 2 is 2.00 bits per heavy atom. The van der Waals surface area contributed by atoms with Crippen LogP contribution in [0.4, 0.5) is 0 Å². The van der Waals surface area contributed by atoms with Gasteiger partial charge in [0.2, 0.25) is 0 Å². The second kappa shape index (κ2) is 4.43. The third-order valence-electron chi connectivity index (χ3n) is 2.75. The van der Waals surface area contributed by atoms with Gasteiger partial charge in [-0.05, 0) is 18.8 Å². The van der Waals surface area contributed by atoms with Gasteiger partial charge >= 0.3 is 0 Å². The van der Waals surface area contributed by atoms with Crippen LogP contribution >= 0.6 is 22.6 Å². The van der Waals surface area contributed by atoms with Gasteiger partial charge in [0, 0.05) is 15.9 Å². The Hall–Kier alpha value is -0.380. The maximum Gasteiger partial charge on any atom is 0.166 e. The van der Waals surface area contributed by atoms with Crippen LogP contribution < -0.4 is 0 Å². The number of hydrogen-bond acceptors (Lipinski definition) is 1. The standard InChI is InChI=1S/C12H13IO/c13-8-11(9-6-7-9)12(14)10-4-2-1-3-5-10/h1-5,9,11H,6-8H2. The number of alkyl halides is 1. The summed E-state index contributed by atoms with van der Waals surface area (Å²) in [7, 11) is 0. The van der Waals surface area contributed by atoms with Crippen molar-refractivity contribution in [3.63, 3.8) is 0 Å². The van der Waals surface area contributed by atoms with Crippen LogP contribution in [-0.2, 0) is 0 Å². The topological polar surface area (TPSA) is 17.1 Å². The maximum atomic E-state index is 12.1. The Morgan fingerprint density at radius 3 is 2.50 bits per heavy atom. The van der Waals surface area contributed by atoms with Crippen molar-refractivity contribution < 1.29 is 4.79 Å². The van der Waals surface area contributed by atoms with E-state index < -0.39 is 0 Å². The highest BCUT2D eigenvalue weighted by atomic mass is 127. The number of benzene rings is 1. The molecule has 1 aromatic carbocycles. The van der Waals surface area contributed by atoms with Crippen molar-refractivity contribution in [2.24, 2.45) is 11.8 Å². The summed E-state index contributed by atoms with van der Waals surface area (Å²) in [6, 6.07) is 9.66. The molecule has 1 fully saturated rings. The van der Waals surface area contributed by atoms with Gasteiger partial charge in [-0.2, -0.15) is 0 Å². The van der Waals surface area contributed by atoms with Gasteiger partial charge in [0.1, 0.15) is 0 Å². The fourth-order valence-electron chi connectivity index (χ4n) is 1.73. The monoisotopic (exact) mass is 300 g/mol. The molecule has 0 N–H and O–H groups in total. The van der Waals surface area contributed by atoms with Crippen LogP contribution in [-0.4, -0.2) is 10.2 Å². The van der Waals surface area contributed by atoms with Crippen LogP contribution in [0.2, 0.25) is 0 Å². The van der Waals surface area contributed by atoms with E-state index in [1.807, 2.05) is 30.3 Å². The molecule has 0 heterocycles. The molecule has 0 aromatic heterocycles. The van der Waals surface area contributed by atoms with Gasteiger partial charge in [-0.3, -0.25) is 4.79 Å². The lowest BCUT2D eigenvalue weighted by atomic mass is 9.95. The van der Waals surface area contributed by atoms with E-state index in [-0.39, 0.29) is 5.92 Å². The Bertz CT molecular complexity index is 316. The number of ketones is 1. The second-order valence-corrected chi connectivity index (χ2v) is 4.71. The predicted octanol–water partition coefficient (Wildman–Crippen LogP) is 3.33. The SMILES string of the molecule is O=C(c1ccccc1)C(CI)C1CC1. The largest absolute Gasteiger partial charge is 0.294 e. The van der Waals surface area contributed by atoms with Crippen molar-refractivity contribution in [3.8, 4) is 0 Å². The lowest BCUT2D eigenvalue weighted by Crippen LogP contribution is -2.18. The molecule has 0 saturated heterocycles. The lowest BCUT2D eigenvalue weighted by Gasteiger charge is -2.11. The molecule has 1 aliphatic carbocycles. The fourth-order valence-corrected chi connectivity index (χ4v) is 2.84. The summed E-state index contributed by atoms with van der Waals surface area (Å²) in [6.45, 7) is 0. The van der Waals surface area contributed by atoms with Crippen LogP contribution in [0.3, 0.4) is 0 Å². The molecule has 0 amide bonds. The average molecular weight is 300 g/mol. The van der Waals surface area contributed by atoms with Gasteiger partial charge in [0.05, 0.1) is 0 Å². The number of hydrogen-bond donors (Lipinski definition) is 0. The fraction of sp³-hybridized carbons (Fsp3) is 0.417. The molecule has 2 rings (SSSR count). The first-order valence-electron chi connectivity index (χ1n) is 4.98. The Morgan fingerprint density at radius 1 is 1.36 bits per heavy atom. The molecule has 1 atom stereocenters. The predicted molar refractivity (Wildman–Crippen MR) is 65.9 cm³/mol. The molecule has 0 bridgehead atoms. The number of rotatable bonds is 4. The summed E-state index contributed by atoms with van der Waals surface area (Å²) >= 11 is 2.33. The van der Waals surface area contributed by atoms with E-state index in [1.165, 1.54) is 12.8 Å². The van der Waals surface area contributed by atoms with E-state index >= 15 is 0 Å². The van der Waals surface area contributed by atoms with Crippen molar-refractivity contribution in [2.75, 3.05) is 4.43 Å². The van der Waals surface area contributed by atoms with Gasteiger partial charge in [-0.25, -0.2) is 0 Å². The summed E-state index contributed by atoms with van der Waals surface area (Å²) in [5.41, 5.74) is 0.876. The van der Waals surface area contributed by atoms with E-state index in [0.717, 1.165) is 9.99 Å². The summed E-state index contributed by atoms with van der Waals surface area (Å²) < 4.78 is 0.955. The Balaban J connectivity index is 2.14. The van der Waals surface area contributed by atoms with Crippen LogP contribution in [0.5, 0.6) is 0 Å². The molecule has 0 aliphatic heterocycles. The zero-order valence-corrected chi connectivity index (χ0v) is 10.1. The third kappa shape index (κ3) is 2.16. The highest BCUT2D eigenvalue weighted by molar-refractivity contribution is 14.1. The molecule has 1 nitrogen and oxygen atoms in total. The van der Waals surface area contributed by atoms with Crippen LogP contribution in [0.25, 0.3) is 0 Å². The quantitative estimate of drug-likeness (QED) is 0.473. The van der Waals surface area contributed by atoms with Crippen LogP contribution in [0.15, 0.2) is 30.3 Å². The highest BCUT2D eigenvalue weighted by Crippen LogP contribution is 2.39. The van der Waals surface area contributed by atoms with Gasteiger partial charge in [0.15, 0.2) is 5.78 Å². The zero-order chi connectivity index (χ0) is 9.97. The summed E-state index contributed by atoms with van der Waals surface area (Å²) in [5, 5.41) is 0. The van der Waals surface area contributed by atoms with Crippen LogP contribution in [0, 0.1) is 11.8 Å². The number of carbonyl (C=O) groups excluding carboxylic acids is 1. The van der Waals surface area contributed by atoms with Crippen LogP contribution in [0.1, 0.15) is 23.2 Å². The van der Waals surface area contributed by atoms with Crippen molar-refractivity contribution in [2.45, 2.75) is 12.8 Å². The number of carbonyl (C=O) groups is 1. The van der Waals surface area contributed by atoms with E-state index in [0.29, 0.717) is 11.7 Å². The molecular weight excluding hydrogens is 287 g/mol. The van der Waals surface area contributed by atoms with Crippen molar-refractivity contribution in [1.29, 1.82) is 0 Å². The van der Waals surface area contributed by atoms with E-state index in [1.54, 1.807) is 0 Å². The number of Topliss-reactive ketones (excluding diaryl/α,β-unsaturated/α-hetero) is 1. The minimum Gasteiger partial charge on any atom is -0.294 e. The minimum absolute atomic E-state index is 0.262. The molecule has 2 heteroatoms. The second-order valence-electron chi connectivity index (χ2n) is 3.83. The minimum atomic E-state index is 0.262. The normalized spacial score (nSPS) is 17.8. The van der Waals surface area contributed by atoms with Crippen molar-refractivity contribution in [1.82, 2.24) is 0 Å². The van der Waals surface area contributed by atoms with Crippen molar-refractivity contribution >= 4 is 28.4 Å². The Labute approximate surface area is 98.0 Å². The summed E-state index contributed by atoms with van der Waals surface area (Å²) in [6.07, 6.45) is 2.48. The zero-order valence-electron chi connectivity index (χ0n) is 7.95. The molecule has 74 valence electrons. The Kier molecular flexibility index (Phi) is 3.21. The van der Waals surface area contributed by atoms with E-state index in [9.17, 15) is 4.79 Å². The first-order chi connectivity index (χ1) is 6.83. The average Bonchev–Trinajstić information content (AvgIpc) is 3.04. The van der Waals surface area contributed by atoms with E-state index in [4.69, 9.17) is 0 Å². The molecule has 1 saturated carbocycles. The molecular formula is C12H13IO. The molecule has 0 radical (unpaired) electrons. The third-order valence-corrected chi connectivity index (χ3v) is 3.70. The summed E-state index contributed by atoms with van der Waals surface area (Å²) in [5.74, 6) is 1.26. The number of halogens is 1. The molecule has 1 aliphatic rings. The molecule has 0 spiro atoms. The first-order valence-corrected chi connectivity index (χ1v) is 6.50. The highest BCUT2D eigenvalue weighted by Gasteiger charge is 2.35. The maximum absolute atomic E-state index is 12.1. The van der Waals surface area contributed by atoms with Gasteiger partial charge < -0.3 is 0 Å². The van der Waals surface area contributed by atoms with Gasteiger partial charge in [-0.15, -0.1) is 0 Å². The molecule has 1 unspecified atom stereocenters. The lowest BCUT2D eigenvalue weighted by molar-refractivity contribution is 0.0921. The van der Waals surface area contributed by atoms with Gasteiger partial charge in [-0.1, -0.05) is 52.9 Å².